The lowest BCUT2D eigenvalue weighted by Gasteiger charge is -2.04. The van der Waals surface area contributed by atoms with Gasteiger partial charge in [-0.25, -0.2) is 4.98 Å². The molecule has 0 fully saturated rings. The van der Waals surface area contributed by atoms with Crippen LogP contribution in [-0.2, 0) is 6.61 Å². The van der Waals surface area contributed by atoms with Crippen molar-refractivity contribution >= 4 is 6.29 Å². The van der Waals surface area contributed by atoms with Crippen LogP contribution >= 0.6 is 0 Å². The number of hydrogen-bond donors (Lipinski definition) is 0. The smallest absolute Gasteiger partial charge is 0.312 e. The minimum absolute atomic E-state index is 0.208. The zero-order valence-electron chi connectivity index (χ0n) is 12.6. The van der Waals surface area contributed by atoms with Crippen molar-refractivity contribution < 1.29 is 18.7 Å². The van der Waals surface area contributed by atoms with Gasteiger partial charge in [0.05, 0.1) is 7.11 Å². The largest absolute Gasteiger partial charge is 0.487 e. The van der Waals surface area contributed by atoms with Crippen molar-refractivity contribution in [3.8, 4) is 23.1 Å². The molecule has 0 amide bonds. The second kappa shape index (κ2) is 6.79. The van der Waals surface area contributed by atoms with Gasteiger partial charge in [0.1, 0.15) is 18.6 Å². The Morgan fingerprint density at radius 1 is 1.09 bits per heavy atom. The highest BCUT2D eigenvalue weighted by molar-refractivity contribution is 5.74. The molecule has 116 valence electrons. The molecule has 0 N–H and O–H groups in total. The quantitative estimate of drug-likeness (QED) is 0.649. The number of aromatic nitrogens is 1. The number of methoxy groups -OCH3 is 1. The van der Waals surface area contributed by atoms with Crippen molar-refractivity contribution in [1.82, 2.24) is 4.98 Å². The van der Waals surface area contributed by atoms with E-state index in [0.29, 0.717) is 28.8 Å². The molecule has 0 atom stereocenters. The molecule has 0 unspecified atom stereocenters. The van der Waals surface area contributed by atoms with Gasteiger partial charge in [-0.05, 0) is 36.4 Å². The maximum absolute atomic E-state index is 10.6. The van der Waals surface area contributed by atoms with Crippen molar-refractivity contribution in [2.45, 2.75) is 6.61 Å². The van der Waals surface area contributed by atoms with Gasteiger partial charge in [-0.2, -0.15) is 0 Å². The van der Waals surface area contributed by atoms with E-state index in [1.165, 1.54) is 7.11 Å². The van der Waals surface area contributed by atoms with Gasteiger partial charge in [-0.3, -0.25) is 4.79 Å². The highest BCUT2D eigenvalue weighted by atomic mass is 16.6. The summed E-state index contributed by atoms with van der Waals surface area (Å²) in [5.74, 6) is 1.45. The number of benzene rings is 2. The summed E-state index contributed by atoms with van der Waals surface area (Å²) in [6.07, 6.45) is 0.788. The van der Waals surface area contributed by atoms with Crippen molar-refractivity contribution in [2.24, 2.45) is 0 Å². The van der Waals surface area contributed by atoms with Crippen LogP contribution in [0, 0.1) is 0 Å². The third kappa shape index (κ3) is 3.40. The van der Waals surface area contributed by atoms with Crippen LogP contribution < -0.4 is 9.47 Å². The highest BCUT2D eigenvalue weighted by Gasteiger charge is 2.15. The molecule has 3 rings (SSSR count). The molecule has 0 aliphatic heterocycles. The Morgan fingerprint density at radius 3 is 2.48 bits per heavy atom. The van der Waals surface area contributed by atoms with Gasteiger partial charge < -0.3 is 13.9 Å². The fraction of sp³-hybridized carbons (Fsp3) is 0.111. The van der Waals surface area contributed by atoms with Crippen molar-refractivity contribution in [2.75, 3.05) is 7.11 Å². The molecule has 0 saturated carbocycles. The number of carbonyl (C=O) groups is 1. The Bertz CT molecular complexity index is 779. The van der Waals surface area contributed by atoms with E-state index in [1.807, 2.05) is 30.3 Å². The van der Waals surface area contributed by atoms with Gasteiger partial charge in [-0.1, -0.05) is 18.2 Å². The zero-order valence-corrected chi connectivity index (χ0v) is 12.6. The first-order valence-electron chi connectivity index (χ1n) is 7.07. The molecule has 23 heavy (non-hydrogen) atoms. The molecule has 2 aromatic carbocycles. The summed E-state index contributed by atoms with van der Waals surface area (Å²) in [4.78, 5) is 15.1. The van der Waals surface area contributed by atoms with Crippen LogP contribution in [0.25, 0.3) is 11.5 Å². The Labute approximate surface area is 133 Å². The first kappa shape index (κ1) is 14.8. The van der Waals surface area contributed by atoms with Crippen LogP contribution in [0.2, 0.25) is 0 Å². The second-order valence-electron chi connectivity index (χ2n) is 4.80. The number of aldehydes is 1. The maximum atomic E-state index is 10.6. The molecule has 0 radical (unpaired) electrons. The summed E-state index contributed by atoms with van der Waals surface area (Å²) >= 11 is 0. The van der Waals surface area contributed by atoms with E-state index in [4.69, 9.17) is 13.9 Å². The third-order valence-electron chi connectivity index (χ3n) is 3.26. The van der Waals surface area contributed by atoms with Crippen molar-refractivity contribution in [3.63, 3.8) is 0 Å². The Hall–Kier alpha value is -3.08. The first-order chi connectivity index (χ1) is 11.3. The summed E-state index contributed by atoms with van der Waals surface area (Å²) in [6, 6.07) is 16.4. The van der Waals surface area contributed by atoms with Crippen LogP contribution in [-0.4, -0.2) is 18.4 Å². The van der Waals surface area contributed by atoms with Gasteiger partial charge in [-0.15, -0.1) is 0 Å². The van der Waals surface area contributed by atoms with Crippen LogP contribution in [0.3, 0.4) is 0 Å². The summed E-state index contributed by atoms with van der Waals surface area (Å²) in [7, 11) is 1.53. The maximum Gasteiger partial charge on any atom is 0.312 e. The highest BCUT2D eigenvalue weighted by Crippen LogP contribution is 2.28. The third-order valence-corrected chi connectivity index (χ3v) is 3.26. The van der Waals surface area contributed by atoms with E-state index in [0.717, 1.165) is 11.8 Å². The van der Waals surface area contributed by atoms with Gasteiger partial charge in [0.2, 0.25) is 5.89 Å². The summed E-state index contributed by atoms with van der Waals surface area (Å²) < 4.78 is 16.5. The summed E-state index contributed by atoms with van der Waals surface area (Å²) in [6.45, 7) is 0.208. The number of nitrogens with zero attached hydrogens (tertiary/aromatic N) is 1. The van der Waals surface area contributed by atoms with Gasteiger partial charge in [0, 0.05) is 11.1 Å². The molecule has 0 bridgehead atoms. The van der Waals surface area contributed by atoms with E-state index in [-0.39, 0.29) is 6.61 Å². The lowest BCUT2D eigenvalue weighted by molar-refractivity contribution is 0.112. The second-order valence-corrected chi connectivity index (χ2v) is 4.80. The number of carbonyl (C=O) groups excluding carboxylic acids is 1. The molecule has 5 nitrogen and oxygen atoms in total. The van der Waals surface area contributed by atoms with Crippen LogP contribution in [0.15, 0.2) is 59.0 Å². The SMILES string of the molecule is COc1oc(-c2ccccc2)nc1COc1ccc(C=O)cc1. The molecule has 5 heteroatoms. The zero-order chi connectivity index (χ0) is 16.1. The average Bonchev–Trinajstić information content (AvgIpc) is 3.04. The minimum Gasteiger partial charge on any atom is -0.487 e. The summed E-state index contributed by atoms with van der Waals surface area (Å²) in [5, 5.41) is 0. The van der Waals surface area contributed by atoms with E-state index in [1.54, 1.807) is 24.3 Å². The molecule has 3 aromatic rings. The monoisotopic (exact) mass is 309 g/mol. The van der Waals surface area contributed by atoms with Crippen LogP contribution in [0.5, 0.6) is 11.7 Å². The van der Waals surface area contributed by atoms with E-state index < -0.39 is 0 Å². The number of rotatable bonds is 6. The molecule has 0 saturated heterocycles. The predicted octanol–water partition coefficient (Wildman–Crippen LogP) is 3.74. The van der Waals surface area contributed by atoms with Gasteiger partial charge in [0.15, 0.2) is 5.69 Å². The first-order valence-corrected chi connectivity index (χ1v) is 7.07. The number of ether oxygens (including phenoxy) is 2. The Kier molecular flexibility index (Phi) is 4.38. The molecular weight excluding hydrogens is 294 g/mol. The van der Waals surface area contributed by atoms with Gasteiger partial charge in [0.25, 0.3) is 0 Å². The van der Waals surface area contributed by atoms with Crippen molar-refractivity contribution in [3.05, 3.63) is 65.9 Å². The molecule has 0 spiro atoms. The van der Waals surface area contributed by atoms with E-state index >= 15 is 0 Å². The van der Waals surface area contributed by atoms with Gasteiger partial charge >= 0.3 is 5.95 Å². The fourth-order valence-corrected chi connectivity index (χ4v) is 2.09. The topological polar surface area (TPSA) is 61.6 Å². The Morgan fingerprint density at radius 2 is 1.83 bits per heavy atom. The lowest BCUT2D eigenvalue weighted by Crippen LogP contribution is -1.98. The van der Waals surface area contributed by atoms with Crippen LogP contribution in [0.1, 0.15) is 16.1 Å². The predicted molar refractivity (Wildman–Crippen MR) is 84.7 cm³/mol. The summed E-state index contributed by atoms with van der Waals surface area (Å²) in [5.41, 5.74) is 2.04. The van der Waals surface area contributed by atoms with Crippen molar-refractivity contribution in [1.29, 1.82) is 0 Å². The fourth-order valence-electron chi connectivity index (χ4n) is 2.09. The molecule has 1 aromatic heterocycles. The standard InChI is InChI=1S/C18H15NO4/c1-21-18-16(12-22-15-9-7-13(11-20)8-10-15)19-17(23-18)14-5-3-2-4-6-14/h2-11H,12H2,1H3. The molecule has 0 aliphatic carbocycles. The molecule has 0 aliphatic rings. The number of hydrogen-bond acceptors (Lipinski definition) is 5. The lowest BCUT2D eigenvalue weighted by atomic mass is 10.2. The van der Waals surface area contributed by atoms with E-state index in [9.17, 15) is 4.79 Å². The van der Waals surface area contributed by atoms with Crippen LogP contribution in [0.4, 0.5) is 0 Å². The van der Waals surface area contributed by atoms with E-state index in [2.05, 4.69) is 4.98 Å². The Balaban J connectivity index is 1.76. The normalized spacial score (nSPS) is 10.3. The average molecular weight is 309 g/mol. The number of oxazole rings is 1. The molecule has 1 heterocycles. The molecular formula is C18H15NO4. The minimum atomic E-state index is 0.208.